The highest BCUT2D eigenvalue weighted by Crippen LogP contribution is 2.28. The zero-order chi connectivity index (χ0) is 19.5. The van der Waals surface area contributed by atoms with Gasteiger partial charge in [-0.1, -0.05) is 12.8 Å². The lowest BCUT2D eigenvalue weighted by Gasteiger charge is -2.22. The summed E-state index contributed by atoms with van der Waals surface area (Å²) in [7, 11) is 2.00. The Hall–Kier alpha value is -2.15. The van der Waals surface area contributed by atoms with E-state index >= 15 is 0 Å². The normalized spacial score (nSPS) is 19.3. The first kappa shape index (κ1) is 19.2. The van der Waals surface area contributed by atoms with Crippen molar-refractivity contribution in [1.82, 2.24) is 24.6 Å². The lowest BCUT2D eigenvalue weighted by atomic mass is 10.0. The summed E-state index contributed by atoms with van der Waals surface area (Å²) in [6.45, 7) is 6.16. The van der Waals surface area contributed by atoms with Crippen LogP contribution < -0.4 is 0 Å². The first-order valence-corrected chi connectivity index (χ1v) is 10.6. The topological polar surface area (TPSA) is 67.4 Å². The second-order valence-electron chi connectivity index (χ2n) is 8.29. The Morgan fingerprint density at radius 1 is 1.11 bits per heavy atom. The van der Waals surface area contributed by atoms with Crippen molar-refractivity contribution in [3.05, 3.63) is 23.7 Å². The molecule has 0 N–H and O–H groups in total. The Morgan fingerprint density at radius 3 is 2.68 bits per heavy atom. The summed E-state index contributed by atoms with van der Waals surface area (Å²) >= 11 is 0. The van der Waals surface area contributed by atoms with Crippen LogP contribution in [0.3, 0.4) is 0 Å². The molecule has 7 heteroatoms. The standard InChI is InChI=1S/C21H31N5O2/c1-16-8-9-18(24(16)2)21-23-22-19(28-21)15-25-10-5-11-26(13-12-25)20(27)14-17-6-3-4-7-17/h8-9,17H,3-7,10-15H2,1-2H3. The van der Waals surface area contributed by atoms with Crippen LogP contribution in [0.25, 0.3) is 11.6 Å². The molecule has 1 aliphatic carbocycles. The predicted octanol–water partition coefficient (Wildman–Crippen LogP) is 3.00. The maximum atomic E-state index is 12.6. The summed E-state index contributed by atoms with van der Waals surface area (Å²) in [5.74, 6) is 2.16. The van der Waals surface area contributed by atoms with E-state index in [-0.39, 0.29) is 0 Å². The number of carbonyl (C=O) groups is 1. The number of aryl methyl sites for hydroxylation is 1. The highest BCUT2D eigenvalue weighted by atomic mass is 16.4. The molecule has 0 bridgehead atoms. The Morgan fingerprint density at radius 2 is 1.93 bits per heavy atom. The molecular formula is C21H31N5O2. The van der Waals surface area contributed by atoms with E-state index in [1.54, 1.807) is 0 Å². The molecule has 2 aliphatic rings. The summed E-state index contributed by atoms with van der Waals surface area (Å²) in [5, 5.41) is 8.46. The molecule has 1 saturated carbocycles. The third kappa shape index (κ3) is 4.29. The van der Waals surface area contributed by atoms with Gasteiger partial charge in [-0.3, -0.25) is 9.69 Å². The largest absolute Gasteiger partial charge is 0.418 e. The SMILES string of the molecule is Cc1ccc(-c2nnc(CN3CCCN(C(=O)CC4CCCC4)CC3)o2)n1C. The third-order valence-electron chi connectivity index (χ3n) is 6.30. The molecule has 0 spiro atoms. The fraction of sp³-hybridized carbons (Fsp3) is 0.667. The highest BCUT2D eigenvalue weighted by Gasteiger charge is 2.24. The zero-order valence-electron chi connectivity index (χ0n) is 17.1. The van der Waals surface area contributed by atoms with Crippen LogP contribution >= 0.6 is 0 Å². The number of rotatable bonds is 5. The number of amides is 1. The average Bonchev–Trinajstić information content (AvgIpc) is 3.37. The molecular weight excluding hydrogens is 354 g/mol. The van der Waals surface area contributed by atoms with Gasteiger partial charge in [0.2, 0.25) is 11.8 Å². The van der Waals surface area contributed by atoms with Crippen molar-refractivity contribution in [1.29, 1.82) is 0 Å². The van der Waals surface area contributed by atoms with E-state index in [0.29, 0.717) is 30.2 Å². The molecule has 4 rings (SSSR count). The maximum absolute atomic E-state index is 12.6. The Bertz CT molecular complexity index is 806. The minimum Gasteiger partial charge on any atom is -0.418 e. The molecule has 2 aromatic heterocycles. The first-order valence-electron chi connectivity index (χ1n) is 10.6. The van der Waals surface area contributed by atoms with Crippen LogP contribution in [0.5, 0.6) is 0 Å². The van der Waals surface area contributed by atoms with Crippen molar-refractivity contribution in [3.63, 3.8) is 0 Å². The molecule has 1 saturated heterocycles. The Balaban J connectivity index is 1.31. The molecule has 2 aromatic rings. The van der Waals surface area contributed by atoms with Crippen molar-refractivity contribution in [2.45, 2.75) is 52.0 Å². The zero-order valence-corrected chi connectivity index (χ0v) is 17.1. The summed E-state index contributed by atoms with van der Waals surface area (Å²) in [4.78, 5) is 17.0. The molecule has 1 aliphatic heterocycles. The second-order valence-corrected chi connectivity index (χ2v) is 8.29. The van der Waals surface area contributed by atoms with Crippen LogP contribution in [0.2, 0.25) is 0 Å². The highest BCUT2D eigenvalue weighted by molar-refractivity contribution is 5.76. The molecule has 0 radical (unpaired) electrons. The minimum absolute atomic E-state index is 0.341. The van der Waals surface area contributed by atoms with Gasteiger partial charge in [0.05, 0.1) is 6.54 Å². The van der Waals surface area contributed by atoms with Crippen molar-refractivity contribution < 1.29 is 9.21 Å². The van der Waals surface area contributed by atoms with E-state index in [4.69, 9.17) is 4.42 Å². The predicted molar refractivity (Wildman–Crippen MR) is 106 cm³/mol. The summed E-state index contributed by atoms with van der Waals surface area (Å²) in [6, 6.07) is 4.05. The first-order chi connectivity index (χ1) is 13.6. The quantitative estimate of drug-likeness (QED) is 0.791. The molecule has 0 atom stereocenters. The Kier molecular flexibility index (Phi) is 5.80. The van der Waals surface area contributed by atoms with Crippen molar-refractivity contribution >= 4 is 5.91 Å². The van der Waals surface area contributed by atoms with Crippen molar-refractivity contribution in [2.24, 2.45) is 13.0 Å². The second kappa shape index (κ2) is 8.47. The van der Waals surface area contributed by atoms with Crippen molar-refractivity contribution in [2.75, 3.05) is 26.2 Å². The van der Waals surface area contributed by atoms with Gasteiger partial charge in [0, 0.05) is 45.3 Å². The summed E-state index contributed by atoms with van der Waals surface area (Å²) in [5.41, 5.74) is 2.10. The van der Waals surface area contributed by atoms with Crippen LogP contribution in [-0.2, 0) is 18.4 Å². The van der Waals surface area contributed by atoms with Gasteiger partial charge in [0.25, 0.3) is 5.89 Å². The van der Waals surface area contributed by atoms with Crippen LogP contribution in [0.1, 0.15) is 50.1 Å². The number of carbonyl (C=O) groups excluding carboxylic acids is 1. The monoisotopic (exact) mass is 385 g/mol. The van der Waals surface area contributed by atoms with E-state index < -0.39 is 0 Å². The Labute approximate surface area is 166 Å². The van der Waals surface area contributed by atoms with Crippen LogP contribution in [0.4, 0.5) is 0 Å². The van der Waals surface area contributed by atoms with Gasteiger partial charge in [-0.15, -0.1) is 10.2 Å². The van der Waals surface area contributed by atoms with Crippen LogP contribution in [0.15, 0.2) is 16.5 Å². The van der Waals surface area contributed by atoms with Gasteiger partial charge in [-0.25, -0.2) is 0 Å². The van der Waals surface area contributed by atoms with E-state index in [1.165, 1.54) is 25.7 Å². The fourth-order valence-electron chi connectivity index (χ4n) is 4.41. The summed E-state index contributed by atoms with van der Waals surface area (Å²) in [6.07, 6.45) is 6.77. The minimum atomic E-state index is 0.341. The average molecular weight is 386 g/mol. The number of hydrogen-bond donors (Lipinski definition) is 0. The van der Waals surface area contributed by atoms with Crippen LogP contribution in [0, 0.1) is 12.8 Å². The van der Waals surface area contributed by atoms with Crippen LogP contribution in [-0.4, -0.2) is 56.7 Å². The van der Waals surface area contributed by atoms with Gasteiger partial charge >= 0.3 is 0 Å². The lowest BCUT2D eigenvalue weighted by Crippen LogP contribution is -2.35. The molecule has 0 unspecified atom stereocenters. The molecule has 1 amide bonds. The van der Waals surface area contributed by atoms with Gasteiger partial charge in [0.15, 0.2) is 0 Å². The number of nitrogens with zero attached hydrogens (tertiary/aromatic N) is 5. The molecule has 0 aromatic carbocycles. The maximum Gasteiger partial charge on any atom is 0.264 e. The van der Waals surface area contributed by atoms with E-state index in [1.807, 2.05) is 19.2 Å². The molecule has 152 valence electrons. The molecule has 7 nitrogen and oxygen atoms in total. The van der Waals surface area contributed by atoms with Gasteiger partial charge in [-0.2, -0.15) is 0 Å². The van der Waals surface area contributed by atoms with E-state index in [2.05, 4.69) is 31.5 Å². The number of aromatic nitrogens is 3. The van der Waals surface area contributed by atoms with Gasteiger partial charge in [-0.05, 0) is 44.2 Å². The molecule has 2 fully saturated rings. The lowest BCUT2D eigenvalue weighted by molar-refractivity contribution is -0.132. The van der Waals surface area contributed by atoms with Gasteiger partial charge in [0.1, 0.15) is 5.69 Å². The van der Waals surface area contributed by atoms with Crippen molar-refractivity contribution in [3.8, 4) is 11.6 Å². The summed E-state index contributed by atoms with van der Waals surface area (Å²) < 4.78 is 7.96. The number of hydrogen-bond acceptors (Lipinski definition) is 5. The fourth-order valence-corrected chi connectivity index (χ4v) is 4.41. The van der Waals surface area contributed by atoms with Gasteiger partial charge < -0.3 is 13.9 Å². The van der Waals surface area contributed by atoms with E-state index in [9.17, 15) is 4.79 Å². The van der Waals surface area contributed by atoms with E-state index in [0.717, 1.165) is 50.4 Å². The smallest absolute Gasteiger partial charge is 0.264 e. The molecule has 28 heavy (non-hydrogen) atoms. The third-order valence-corrected chi connectivity index (χ3v) is 6.30. The molecule has 3 heterocycles.